The number of anilines is 1. The summed E-state index contributed by atoms with van der Waals surface area (Å²) in [5.74, 6) is 2.59. The Morgan fingerprint density at radius 3 is 3.28 bits per heavy atom. The van der Waals surface area contributed by atoms with Gasteiger partial charge in [-0.05, 0) is 30.5 Å². The lowest BCUT2D eigenvalue weighted by atomic mass is 10.1. The van der Waals surface area contributed by atoms with E-state index in [4.69, 9.17) is 9.47 Å². The molecule has 0 amide bonds. The van der Waals surface area contributed by atoms with Crippen molar-refractivity contribution in [2.24, 2.45) is 5.92 Å². The first-order chi connectivity index (χ1) is 12.4. The van der Waals surface area contributed by atoms with Crippen LogP contribution in [0.25, 0.3) is 0 Å². The minimum absolute atomic E-state index is 0.257. The molecule has 2 aliphatic heterocycles. The molecule has 1 saturated heterocycles. The molecule has 0 radical (unpaired) electrons. The topological polar surface area (TPSA) is 60.3 Å². The number of aromatic nitrogens is 2. The predicted octanol–water partition coefficient (Wildman–Crippen LogP) is 2.27. The molecule has 6 nitrogen and oxygen atoms in total. The van der Waals surface area contributed by atoms with E-state index in [-0.39, 0.29) is 6.10 Å². The Balaban J connectivity index is 1.22. The smallest absolute Gasteiger partial charge is 0.124 e. The van der Waals surface area contributed by atoms with Crippen molar-refractivity contribution in [3.05, 3.63) is 42.1 Å². The van der Waals surface area contributed by atoms with Gasteiger partial charge in [0.15, 0.2) is 0 Å². The lowest BCUT2D eigenvalue weighted by Gasteiger charge is -2.25. The van der Waals surface area contributed by atoms with Crippen LogP contribution in [0.1, 0.15) is 18.4 Å². The summed E-state index contributed by atoms with van der Waals surface area (Å²) >= 11 is 0. The summed E-state index contributed by atoms with van der Waals surface area (Å²) in [7, 11) is 0. The van der Waals surface area contributed by atoms with Crippen LogP contribution in [0.15, 0.2) is 36.5 Å². The van der Waals surface area contributed by atoms with Crippen LogP contribution >= 0.6 is 0 Å². The number of hydrogen-bond donors (Lipinski definition) is 2. The molecule has 1 aromatic carbocycles. The number of rotatable bonds is 7. The molecule has 0 bridgehead atoms. The average Bonchev–Trinajstić information content (AvgIpc) is 3.31. The van der Waals surface area contributed by atoms with Crippen LogP contribution in [-0.4, -0.2) is 42.2 Å². The van der Waals surface area contributed by atoms with Crippen molar-refractivity contribution in [3.63, 3.8) is 0 Å². The van der Waals surface area contributed by atoms with Gasteiger partial charge in [0.2, 0.25) is 0 Å². The van der Waals surface area contributed by atoms with Gasteiger partial charge in [-0.1, -0.05) is 12.1 Å². The van der Waals surface area contributed by atoms with Gasteiger partial charge in [-0.15, -0.1) is 0 Å². The highest BCUT2D eigenvalue weighted by Crippen LogP contribution is 2.18. The van der Waals surface area contributed by atoms with E-state index in [0.29, 0.717) is 12.5 Å². The molecule has 2 aliphatic rings. The van der Waals surface area contributed by atoms with Crippen molar-refractivity contribution in [2.75, 3.05) is 31.6 Å². The Bertz CT molecular complexity index is 682. The Kier molecular flexibility index (Phi) is 5.18. The molecule has 2 N–H and O–H groups in total. The fourth-order valence-electron chi connectivity index (χ4n) is 3.45. The standard InChI is InChI=1S/C19H26N4O2/c1-3-15(9-17(4-1)25-14-18-5-2-8-24-18)10-20-11-16-12-21-19-6-7-22-23(19)13-16/h1,3-4,6-7,9,16,18,20-21H,2,5,8,10-14H2/t16-,18+/m1/s1. The monoisotopic (exact) mass is 342 g/mol. The summed E-state index contributed by atoms with van der Waals surface area (Å²) in [6.07, 6.45) is 4.36. The molecule has 4 rings (SSSR count). The first kappa shape index (κ1) is 16.4. The highest BCUT2D eigenvalue weighted by molar-refractivity contribution is 5.35. The first-order valence-corrected chi connectivity index (χ1v) is 9.16. The maximum atomic E-state index is 5.88. The quantitative estimate of drug-likeness (QED) is 0.808. The van der Waals surface area contributed by atoms with Gasteiger partial charge in [-0.25, -0.2) is 4.68 Å². The minimum Gasteiger partial charge on any atom is -0.491 e. The highest BCUT2D eigenvalue weighted by Gasteiger charge is 2.18. The van der Waals surface area contributed by atoms with E-state index < -0.39 is 0 Å². The second-order valence-electron chi connectivity index (χ2n) is 6.87. The molecule has 1 aromatic heterocycles. The second kappa shape index (κ2) is 7.89. The van der Waals surface area contributed by atoms with Crippen LogP contribution in [0.3, 0.4) is 0 Å². The minimum atomic E-state index is 0.257. The lowest BCUT2D eigenvalue weighted by molar-refractivity contribution is 0.0679. The molecule has 0 unspecified atom stereocenters. The zero-order valence-corrected chi connectivity index (χ0v) is 14.5. The summed E-state index contributed by atoms with van der Waals surface area (Å²) in [5.41, 5.74) is 1.24. The van der Waals surface area contributed by atoms with Crippen molar-refractivity contribution >= 4 is 5.82 Å². The Labute approximate surface area is 148 Å². The molecule has 1 fully saturated rings. The van der Waals surface area contributed by atoms with Crippen molar-refractivity contribution in [3.8, 4) is 5.75 Å². The van der Waals surface area contributed by atoms with Crippen LogP contribution in [0, 0.1) is 5.92 Å². The van der Waals surface area contributed by atoms with E-state index in [1.54, 1.807) is 0 Å². The van der Waals surface area contributed by atoms with Crippen molar-refractivity contribution in [1.82, 2.24) is 15.1 Å². The summed E-state index contributed by atoms with van der Waals surface area (Å²) < 4.78 is 13.5. The van der Waals surface area contributed by atoms with E-state index in [9.17, 15) is 0 Å². The van der Waals surface area contributed by atoms with Gasteiger partial charge in [0.25, 0.3) is 0 Å². The van der Waals surface area contributed by atoms with Crippen LogP contribution in [0.2, 0.25) is 0 Å². The number of nitrogens with zero attached hydrogens (tertiary/aromatic N) is 2. The molecule has 3 heterocycles. The van der Waals surface area contributed by atoms with Crippen LogP contribution < -0.4 is 15.4 Å². The lowest BCUT2D eigenvalue weighted by Crippen LogP contribution is -2.35. The number of benzene rings is 1. The maximum Gasteiger partial charge on any atom is 0.124 e. The normalized spacial score (nSPS) is 22.4. The van der Waals surface area contributed by atoms with E-state index in [1.165, 1.54) is 5.56 Å². The fourth-order valence-corrected chi connectivity index (χ4v) is 3.45. The summed E-state index contributed by atoms with van der Waals surface area (Å²) in [5, 5.41) is 11.3. The zero-order chi connectivity index (χ0) is 16.9. The number of fused-ring (bicyclic) bond motifs is 1. The van der Waals surface area contributed by atoms with Gasteiger partial charge in [-0.2, -0.15) is 5.10 Å². The first-order valence-electron chi connectivity index (χ1n) is 9.16. The maximum absolute atomic E-state index is 5.88. The number of nitrogens with one attached hydrogen (secondary N) is 2. The summed E-state index contributed by atoms with van der Waals surface area (Å²) in [4.78, 5) is 0. The molecule has 2 atom stereocenters. The molecule has 0 aliphatic carbocycles. The predicted molar refractivity (Wildman–Crippen MR) is 96.8 cm³/mol. The zero-order valence-electron chi connectivity index (χ0n) is 14.5. The SMILES string of the molecule is c1cc(CNC[C@@H]2CNc3ccnn3C2)cc(OC[C@@H]2CCCO2)c1. The second-order valence-corrected chi connectivity index (χ2v) is 6.87. The Morgan fingerprint density at radius 2 is 2.36 bits per heavy atom. The third-order valence-corrected chi connectivity index (χ3v) is 4.84. The van der Waals surface area contributed by atoms with Crippen LogP contribution in [-0.2, 0) is 17.8 Å². The average molecular weight is 342 g/mol. The van der Waals surface area contributed by atoms with Gasteiger partial charge in [-0.3, -0.25) is 0 Å². The molecule has 0 saturated carbocycles. The van der Waals surface area contributed by atoms with Gasteiger partial charge in [0, 0.05) is 44.8 Å². The molecule has 2 aromatic rings. The van der Waals surface area contributed by atoms with E-state index in [1.807, 2.05) is 23.0 Å². The van der Waals surface area contributed by atoms with Gasteiger partial charge in [0.1, 0.15) is 18.2 Å². The Hall–Kier alpha value is -2.05. The molecular weight excluding hydrogens is 316 g/mol. The summed E-state index contributed by atoms with van der Waals surface area (Å²) in [6.45, 7) is 5.29. The van der Waals surface area contributed by atoms with Crippen molar-refractivity contribution < 1.29 is 9.47 Å². The number of ether oxygens (including phenoxy) is 2. The van der Waals surface area contributed by atoms with Crippen molar-refractivity contribution in [2.45, 2.75) is 32.0 Å². The molecular formula is C19H26N4O2. The van der Waals surface area contributed by atoms with E-state index in [2.05, 4.69) is 33.9 Å². The number of hydrogen-bond acceptors (Lipinski definition) is 5. The van der Waals surface area contributed by atoms with Gasteiger partial charge in [0.05, 0.1) is 12.3 Å². The molecule has 25 heavy (non-hydrogen) atoms. The van der Waals surface area contributed by atoms with Gasteiger partial charge < -0.3 is 20.1 Å². The van der Waals surface area contributed by atoms with Crippen LogP contribution in [0.4, 0.5) is 5.82 Å². The largest absolute Gasteiger partial charge is 0.491 e. The molecule has 6 heteroatoms. The third kappa shape index (κ3) is 4.32. The third-order valence-electron chi connectivity index (χ3n) is 4.84. The Morgan fingerprint density at radius 1 is 1.36 bits per heavy atom. The molecule has 134 valence electrons. The highest BCUT2D eigenvalue weighted by atomic mass is 16.5. The van der Waals surface area contributed by atoms with E-state index >= 15 is 0 Å². The van der Waals surface area contributed by atoms with Crippen LogP contribution in [0.5, 0.6) is 5.75 Å². The van der Waals surface area contributed by atoms with E-state index in [0.717, 1.165) is 57.2 Å². The molecule has 0 spiro atoms. The van der Waals surface area contributed by atoms with Gasteiger partial charge >= 0.3 is 0 Å². The van der Waals surface area contributed by atoms with Crippen molar-refractivity contribution in [1.29, 1.82) is 0 Å². The summed E-state index contributed by atoms with van der Waals surface area (Å²) in [6, 6.07) is 10.3. The fraction of sp³-hybridized carbons (Fsp3) is 0.526.